The molecule has 0 aliphatic carbocycles. The molecule has 0 amide bonds. The lowest BCUT2D eigenvalue weighted by atomic mass is 10.0. The van der Waals surface area contributed by atoms with Gasteiger partial charge in [0.05, 0.1) is 27.8 Å². The first-order chi connectivity index (χ1) is 29.3. The Morgan fingerprint density at radius 2 is 0.932 bits per heavy atom. The molecule has 0 aliphatic rings. The maximum atomic E-state index is 5.27. The van der Waals surface area contributed by atoms with Gasteiger partial charge in [0.15, 0.2) is 17.5 Å². The smallest absolute Gasteiger partial charge is 0.166 e. The summed E-state index contributed by atoms with van der Waals surface area (Å²) >= 11 is 1.88. The van der Waals surface area contributed by atoms with Crippen molar-refractivity contribution >= 4 is 80.6 Å². The molecule has 0 saturated heterocycles. The second kappa shape index (κ2) is 12.4. The van der Waals surface area contributed by atoms with Crippen LogP contribution in [0.2, 0.25) is 0 Å². The summed E-state index contributed by atoms with van der Waals surface area (Å²) in [5.74, 6) is 1.89. The van der Waals surface area contributed by atoms with Crippen molar-refractivity contribution in [1.29, 1.82) is 0 Å². The number of para-hydroxylation sites is 2. The fourth-order valence-corrected chi connectivity index (χ4v) is 10.6. The summed E-state index contributed by atoms with van der Waals surface area (Å²) < 4.78 is 6.27. The molecular formula is C53H31N5S. The zero-order valence-corrected chi connectivity index (χ0v) is 32.4. The average Bonchev–Trinajstić information content (AvgIpc) is 3.93. The van der Waals surface area contributed by atoms with Gasteiger partial charge in [0.2, 0.25) is 0 Å². The zero-order valence-electron chi connectivity index (χ0n) is 31.5. The highest BCUT2D eigenvalue weighted by atomic mass is 32.1. The summed E-state index contributed by atoms with van der Waals surface area (Å²) in [6, 6.07) is 66.9. The van der Waals surface area contributed by atoms with Crippen LogP contribution in [-0.2, 0) is 0 Å². The predicted octanol–water partition coefficient (Wildman–Crippen LogP) is 14.0. The van der Waals surface area contributed by atoms with Crippen LogP contribution in [0.15, 0.2) is 188 Å². The van der Waals surface area contributed by atoms with Gasteiger partial charge in [-0.1, -0.05) is 152 Å². The van der Waals surface area contributed by atoms with Gasteiger partial charge in [-0.05, 0) is 52.9 Å². The summed E-state index contributed by atoms with van der Waals surface area (Å²) in [7, 11) is 0. The SMILES string of the molecule is c1ccc(-c2ccc(-c3nc(-c4ccccc4)nc(-c4ccccc4-n4c5cccc6c7ccccc7n7c8sc9ccccc9c8c8ccc4c(c65)c87)n3)cc2)cc1. The van der Waals surface area contributed by atoms with Crippen molar-refractivity contribution in [2.45, 2.75) is 0 Å². The molecule has 0 fully saturated rings. The molecule has 0 spiro atoms. The monoisotopic (exact) mass is 769 g/mol. The van der Waals surface area contributed by atoms with Crippen LogP contribution in [0.25, 0.3) is 120 Å². The molecule has 5 heterocycles. The van der Waals surface area contributed by atoms with Crippen molar-refractivity contribution in [1.82, 2.24) is 23.9 Å². The largest absolute Gasteiger partial charge is 0.308 e. The van der Waals surface area contributed by atoms with E-state index >= 15 is 0 Å². The van der Waals surface area contributed by atoms with Crippen molar-refractivity contribution < 1.29 is 0 Å². The van der Waals surface area contributed by atoms with Crippen molar-refractivity contribution in [2.24, 2.45) is 0 Å². The number of fused-ring (bicyclic) bond motifs is 8. The summed E-state index contributed by atoms with van der Waals surface area (Å²) in [5, 5.41) is 8.87. The van der Waals surface area contributed by atoms with Crippen LogP contribution in [0.3, 0.4) is 0 Å². The Balaban J connectivity index is 1.10. The Morgan fingerprint density at radius 1 is 0.356 bits per heavy atom. The van der Waals surface area contributed by atoms with E-state index in [1.165, 1.54) is 63.8 Å². The second-order valence-corrected chi connectivity index (χ2v) is 16.2. The van der Waals surface area contributed by atoms with Gasteiger partial charge in [-0.2, -0.15) is 0 Å². The molecule has 5 aromatic heterocycles. The number of rotatable bonds is 5. The van der Waals surface area contributed by atoms with E-state index in [-0.39, 0.29) is 0 Å². The lowest BCUT2D eigenvalue weighted by Gasteiger charge is -2.15. The first-order valence-corrected chi connectivity index (χ1v) is 20.7. The number of benzene rings is 8. The quantitative estimate of drug-likeness (QED) is 0.175. The predicted molar refractivity (Wildman–Crippen MR) is 246 cm³/mol. The number of hydrogen-bond acceptors (Lipinski definition) is 4. The molecule has 8 aromatic carbocycles. The molecule has 5 nitrogen and oxygen atoms in total. The van der Waals surface area contributed by atoms with Crippen LogP contribution in [-0.4, -0.2) is 23.9 Å². The van der Waals surface area contributed by atoms with Crippen LogP contribution >= 0.6 is 11.3 Å². The lowest BCUT2D eigenvalue weighted by Crippen LogP contribution is -2.03. The molecule has 0 atom stereocenters. The topological polar surface area (TPSA) is 48.0 Å². The Hall–Kier alpha value is -7.67. The molecule has 13 rings (SSSR count). The molecule has 13 aromatic rings. The summed E-state index contributed by atoms with van der Waals surface area (Å²) in [6.45, 7) is 0. The molecule has 0 saturated carbocycles. The number of nitrogens with zero attached hydrogens (tertiary/aromatic N) is 5. The average molecular weight is 770 g/mol. The van der Waals surface area contributed by atoms with Crippen LogP contribution in [0.5, 0.6) is 0 Å². The van der Waals surface area contributed by atoms with E-state index in [1.807, 2.05) is 35.6 Å². The fourth-order valence-electron chi connectivity index (χ4n) is 9.37. The summed E-state index contributed by atoms with van der Waals surface area (Å²) in [4.78, 5) is 16.9. The van der Waals surface area contributed by atoms with E-state index < -0.39 is 0 Å². The van der Waals surface area contributed by atoms with E-state index in [4.69, 9.17) is 15.0 Å². The van der Waals surface area contributed by atoms with Gasteiger partial charge in [-0.25, -0.2) is 15.0 Å². The molecule has 6 heteroatoms. The second-order valence-electron chi connectivity index (χ2n) is 15.2. The van der Waals surface area contributed by atoms with Crippen molar-refractivity contribution in [3.8, 4) is 51.0 Å². The lowest BCUT2D eigenvalue weighted by molar-refractivity contribution is 1.06. The zero-order chi connectivity index (χ0) is 38.6. The van der Waals surface area contributed by atoms with Gasteiger partial charge < -0.3 is 4.57 Å². The fraction of sp³-hybridized carbons (Fsp3) is 0. The van der Waals surface area contributed by atoms with Crippen molar-refractivity contribution in [2.75, 3.05) is 0 Å². The number of thiophene rings is 1. The van der Waals surface area contributed by atoms with Crippen LogP contribution in [0.4, 0.5) is 0 Å². The minimum absolute atomic E-state index is 0.622. The van der Waals surface area contributed by atoms with Gasteiger partial charge in [0, 0.05) is 53.7 Å². The highest BCUT2D eigenvalue weighted by molar-refractivity contribution is 7.25. The van der Waals surface area contributed by atoms with E-state index in [0.717, 1.165) is 39.0 Å². The molecule has 59 heavy (non-hydrogen) atoms. The Labute approximate surface area is 342 Å². The first kappa shape index (κ1) is 32.4. The van der Waals surface area contributed by atoms with E-state index in [2.05, 4.69) is 173 Å². The first-order valence-electron chi connectivity index (χ1n) is 19.9. The van der Waals surface area contributed by atoms with Gasteiger partial charge in [0.25, 0.3) is 0 Å². The summed E-state index contributed by atoms with van der Waals surface area (Å²) in [5.41, 5.74) is 10.9. The van der Waals surface area contributed by atoms with Gasteiger partial charge >= 0.3 is 0 Å². The molecule has 0 unspecified atom stereocenters. The molecule has 0 aliphatic heterocycles. The third kappa shape index (κ3) is 4.69. The highest BCUT2D eigenvalue weighted by Crippen LogP contribution is 2.49. The molecule has 0 bridgehead atoms. The van der Waals surface area contributed by atoms with Crippen LogP contribution in [0, 0.1) is 0 Å². The minimum Gasteiger partial charge on any atom is -0.308 e. The Kier molecular flexibility index (Phi) is 6.82. The van der Waals surface area contributed by atoms with E-state index in [0.29, 0.717) is 17.5 Å². The molecular weight excluding hydrogens is 739 g/mol. The van der Waals surface area contributed by atoms with Crippen LogP contribution in [0.1, 0.15) is 0 Å². The van der Waals surface area contributed by atoms with Crippen LogP contribution < -0.4 is 0 Å². The summed E-state index contributed by atoms with van der Waals surface area (Å²) in [6.07, 6.45) is 0. The third-order valence-corrected chi connectivity index (χ3v) is 13.1. The standard InChI is InChI=1S/C53H31N5S/c1-3-14-32(15-4-1)33-26-28-35(29-27-33)51-54-50(34-16-5-2-6-17-34)55-52(56-51)38-19-8-11-23-42(38)57-43-24-13-21-37-36-18-7-10-22-41(36)58-49-40(30-31-44(57)48(49)47(37)43)46-39-20-9-12-25-45(39)59-53(46)58/h1-31H. The molecule has 0 N–H and O–H groups in total. The maximum absolute atomic E-state index is 5.27. The van der Waals surface area contributed by atoms with Gasteiger partial charge in [0.1, 0.15) is 4.83 Å². The highest BCUT2D eigenvalue weighted by Gasteiger charge is 2.26. The third-order valence-electron chi connectivity index (χ3n) is 11.9. The van der Waals surface area contributed by atoms with Crippen molar-refractivity contribution in [3.05, 3.63) is 188 Å². The number of aromatic nitrogens is 5. The Morgan fingerprint density at radius 3 is 1.75 bits per heavy atom. The Bertz CT molecular complexity index is 3770. The van der Waals surface area contributed by atoms with E-state index in [9.17, 15) is 0 Å². The van der Waals surface area contributed by atoms with Gasteiger partial charge in [-0.3, -0.25) is 4.40 Å². The minimum atomic E-state index is 0.622. The van der Waals surface area contributed by atoms with Gasteiger partial charge in [-0.15, -0.1) is 11.3 Å². The molecule has 274 valence electrons. The molecule has 0 radical (unpaired) electrons. The van der Waals surface area contributed by atoms with Crippen molar-refractivity contribution in [3.63, 3.8) is 0 Å². The maximum Gasteiger partial charge on any atom is 0.166 e. The number of hydrogen-bond donors (Lipinski definition) is 0. The normalized spacial score (nSPS) is 12.1. The van der Waals surface area contributed by atoms with E-state index in [1.54, 1.807) is 0 Å².